The summed E-state index contributed by atoms with van der Waals surface area (Å²) in [6, 6.07) is 16.7. The lowest BCUT2D eigenvalue weighted by Gasteiger charge is -2.03. The summed E-state index contributed by atoms with van der Waals surface area (Å²) in [5.74, 6) is 1.12. The van der Waals surface area contributed by atoms with Crippen molar-refractivity contribution in [1.82, 2.24) is 5.43 Å². The van der Waals surface area contributed by atoms with Crippen LogP contribution in [0.15, 0.2) is 64.1 Å². The molecule has 24 heavy (non-hydrogen) atoms. The minimum absolute atomic E-state index is 0.196. The van der Waals surface area contributed by atoms with Crippen LogP contribution in [0.4, 0.5) is 0 Å². The summed E-state index contributed by atoms with van der Waals surface area (Å²) >= 11 is 1.60. The van der Waals surface area contributed by atoms with Crippen molar-refractivity contribution in [2.45, 2.75) is 13.5 Å². The number of hydrogen-bond acceptors (Lipinski definition) is 5. The fourth-order valence-corrected chi connectivity index (χ4v) is 2.73. The zero-order valence-electron chi connectivity index (χ0n) is 13.1. The summed E-state index contributed by atoms with van der Waals surface area (Å²) in [4.78, 5) is 14.1. The van der Waals surface area contributed by atoms with Gasteiger partial charge in [0.25, 0.3) is 0 Å². The van der Waals surface area contributed by atoms with Crippen molar-refractivity contribution >= 4 is 23.5 Å². The maximum atomic E-state index is 12.0. The zero-order chi connectivity index (χ0) is 16.8. The van der Waals surface area contributed by atoms with Gasteiger partial charge in [0.15, 0.2) is 5.76 Å². The van der Waals surface area contributed by atoms with Gasteiger partial charge in [-0.1, -0.05) is 18.2 Å². The molecule has 3 aromatic rings. The summed E-state index contributed by atoms with van der Waals surface area (Å²) in [6.07, 6.45) is 1.61. The van der Waals surface area contributed by atoms with E-state index in [1.54, 1.807) is 29.7 Å². The lowest BCUT2D eigenvalue weighted by molar-refractivity contribution is 0.0923. The number of rotatable bonds is 6. The van der Waals surface area contributed by atoms with Crippen LogP contribution in [0, 0.1) is 6.92 Å². The van der Waals surface area contributed by atoms with E-state index in [1.165, 1.54) is 4.88 Å². The number of hydrazone groups is 1. The van der Waals surface area contributed by atoms with Gasteiger partial charge in [-0.25, -0.2) is 5.43 Å². The maximum absolute atomic E-state index is 12.0. The number of carbonyl (C=O) groups excluding carboxylic acids is 1. The third-order valence-electron chi connectivity index (χ3n) is 3.13. The molecule has 122 valence electrons. The first-order valence-corrected chi connectivity index (χ1v) is 8.19. The molecule has 0 spiro atoms. The van der Waals surface area contributed by atoms with Crippen LogP contribution in [0.3, 0.4) is 0 Å². The van der Waals surface area contributed by atoms with Crippen LogP contribution in [0.1, 0.15) is 26.1 Å². The van der Waals surface area contributed by atoms with Crippen LogP contribution in [-0.4, -0.2) is 12.1 Å². The number of nitrogens with one attached hydrogen (secondary N) is 1. The van der Waals surface area contributed by atoms with Gasteiger partial charge in [-0.05, 0) is 43.3 Å². The van der Waals surface area contributed by atoms with Gasteiger partial charge in [0.2, 0.25) is 0 Å². The molecule has 0 saturated carbocycles. The maximum Gasteiger partial charge on any atom is 0.307 e. The van der Waals surface area contributed by atoms with Crippen LogP contribution in [0.2, 0.25) is 0 Å². The minimum atomic E-state index is -0.398. The highest BCUT2D eigenvalue weighted by atomic mass is 32.1. The van der Waals surface area contributed by atoms with Crippen LogP contribution in [0.25, 0.3) is 0 Å². The topological polar surface area (TPSA) is 63.8 Å². The van der Waals surface area contributed by atoms with Crippen molar-refractivity contribution in [1.29, 1.82) is 0 Å². The molecule has 0 aliphatic carbocycles. The van der Waals surface area contributed by atoms with E-state index >= 15 is 0 Å². The van der Waals surface area contributed by atoms with Gasteiger partial charge in [-0.2, -0.15) is 5.10 Å². The molecule has 6 heteroatoms. The Kier molecular flexibility index (Phi) is 5.08. The Labute approximate surface area is 143 Å². The van der Waals surface area contributed by atoms with Gasteiger partial charge in [0.1, 0.15) is 18.1 Å². The van der Waals surface area contributed by atoms with Crippen molar-refractivity contribution in [3.8, 4) is 5.75 Å². The highest BCUT2D eigenvalue weighted by molar-refractivity contribution is 7.13. The van der Waals surface area contributed by atoms with Gasteiger partial charge in [0.05, 0.1) is 6.21 Å². The fourth-order valence-electron chi connectivity index (χ4n) is 1.98. The van der Waals surface area contributed by atoms with Crippen LogP contribution in [-0.2, 0) is 6.61 Å². The summed E-state index contributed by atoms with van der Waals surface area (Å²) < 4.78 is 11.0. The first kappa shape index (κ1) is 16.0. The molecule has 3 rings (SSSR count). The molecule has 1 aromatic carbocycles. The van der Waals surface area contributed by atoms with E-state index in [1.807, 2.05) is 49.4 Å². The molecular weight excluding hydrogens is 324 g/mol. The summed E-state index contributed by atoms with van der Waals surface area (Å²) in [7, 11) is 0. The molecule has 2 aromatic heterocycles. The van der Waals surface area contributed by atoms with E-state index < -0.39 is 5.91 Å². The second kappa shape index (κ2) is 7.61. The number of ether oxygens (including phenoxy) is 1. The van der Waals surface area contributed by atoms with Gasteiger partial charge in [0, 0.05) is 9.75 Å². The van der Waals surface area contributed by atoms with Gasteiger partial charge in [-0.15, -0.1) is 11.3 Å². The molecule has 0 unspecified atom stereocenters. The third kappa shape index (κ3) is 4.33. The first-order chi connectivity index (χ1) is 11.7. The summed E-state index contributed by atoms with van der Waals surface area (Å²) in [5, 5.41) is 3.93. The molecule has 0 aliphatic rings. The van der Waals surface area contributed by atoms with E-state index in [4.69, 9.17) is 9.15 Å². The van der Waals surface area contributed by atoms with Gasteiger partial charge < -0.3 is 9.15 Å². The van der Waals surface area contributed by atoms with Crippen LogP contribution in [0.5, 0.6) is 5.75 Å². The number of hydrogen-bond donors (Lipinski definition) is 1. The zero-order valence-corrected chi connectivity index (χ0v) is 13.9. The number of amides is 1. The molecule has 5 nitrogen and oxygen atoms in total. The van der Waals surface area contributed by atoms with Gasteiger partial charge in [-0.3, -0.25) is 4.79 Å². The largest absolute Gasteiger partial charge is 0.486 e. The highest BCUT2D eigenvalue weighted by Gasteiger charge is 2.10. The van der Waals surface area contributed by atoms with Crippen molar-refractivity contribution in [2.24, 2.45) is 5.10 Å². The van der Waals surface area contributed by atoms with Crippen LogP contribution >= 0.6 is 11.3 Å². The van der Waals surface area contributed by atoms with E-state index in [0.717, 1.165) is 10.6 Å². The number of furan rings is 1. The number of thiophene rings is 1. The number of nitrogens with zero attached hydrogens (tertiary/aromatic N) is 1. The SMILES string of the molecule is Cc1ccc(/C=N\NC(=O)c2ccc(COc3ccccc3)o2)s1. The molecule has 0 bridgehead atoms. The van der Waals surface area contributed by atoms with E-state index in [-0.39, 0.29) is 12.4 Å². The molecule has 0 radical (unpaired) electrons. The lowest BCUT2D eigenvalue weighted by atomic mass is 10.3. The molecule has 1 amide bonds. The molecule has 2 heterocycles. The second-order valence-corrected chi connectivity index (χ2v) is 6.33. The number of para-hydroxylation sites is 1. The fraction of sp³-hybridized carbons (Fsp3) is 0.111. The predicted molar refractivity (Wildman–Crippen MR) is 93.6 cm³/mol. The third-order valence-corrected chi connectivity index (χ3v) is 4.06. The minimum Gasteiger partial charge on any atom is -0.486 e. The van der Waals surface area contributed by atoms with Gasteiger partial charge >= 0.3 is 5.91 Å². The van der Waals surface area contributed by atoms with Crippen molar-refractivity contribution in [2.75, 3.05) is 0 Å². The van der Waals surface area contributed by atoms with E-state index in [9.17, 15) is 4.79 Å². The second-order valence-electron chi connectivity index (χ2n) is 5.02. The standard InChI is InChI=1S/C18H16N2O3S/c1-13-7-9-16(24-13)11-19-20-18(21)17-10-8-15(23-17)12-22-14-5-3-2-4-6-14/h2-11H,12H2,1H3,(H,20,21)/b19-11-. The van der Waals surface area contributed by atoms with Crippen LogP contribution < -0.4 is 10.2 Å². The van der Waals surface area contributed by atoms with E-state index in [0.29, 0.717) is 5.76 Å². The Morgan fingerprint density at radius 3 is 2.79 bits per heavy atom. The predicted octanol–water partition coefficient (Wildman–Crippen LogP) is 3.99. The molecule has 0 fully saturated rings. The quantitative estimate of drug-likeness (QED) is 0.545. The van der Waals surface area contributed by atoms with Crippen molar-refractivity contribution in [3.63, 3.8) is 0 Å². The Morgan fingerprint density at radius 1 is 1.21 bits per heavy atom. The number of aryl methyl sites for hydroxylation is 1. The average molecular weight is 340 g/mol. The summed E-state index contributed by atoms with van der Waals surface area (Å²) in [5.41, 5.74) is 2.45. The Hall–Kier alpha value is -2.86. The Balaban J connectivity index is 1.52. The summed E-state index contributed by atoms with van der Waals surface area (Å²) in [6.45, 7) is 2.28. The number of carbonyl (C=O) groups is 1. The normalized spacial score (nSPS) is 10.9. The molecule has 0 aliphatic heterocycles. The lowest BCUT2D eigenvalue weighted by Crippen LogP contribution is -2.16. The molecule has 0 atom stereocenters. The monoisotopic (exact) mass is 340 g/mol. The Morgan fingerprint density at radius 2 is 2.04 bits per heavy atom. The van der Waals surface area contributed by atoms with Crippen molar-refractivity contribution in [3.05, 3.63) is 75.9 Å². The molecule has 0 saturated heterocycles. The molecular formula is C18H16N2O3S. The Bertz CT molecular complexity index is 837. The van der Waals surface area contributed by atoms with E-state index in [2.05, 4.69) is 10.5 Å². The van der Waals surface area contributed by atoms with Crippen molar-refractivity contribution < 1.29 is 13.9 Å². The molecule has 1 N–H and O–H groups in total. The number of benzene rings is 1. The average Bonchev–Trinajstić information content (AvgIpc) is 3.23. The smallest absolute Gasteiger partial charge is 0.307 e. The highest BCUT2D eigenvalue weighted by Crippen LogP contribution is 2.14. The first-order valence-electron chi connectivity index (χ1n) is 7.37.